The van der Waals surface area contributed by atoms with Gasteiger partial charge in [-0.3, -0.25) is 5.41 Å². The molecule has 4 heteroatoms. The molecule has 0 atom stereocenters. The number of nitrogen functional groups attached to an aromatic ring is 1. The third-order valence-electron chi connectivity index (χ3n) is 3.34. The molecule has 3 nitrogen and oxygen atoms in total. The zero-order valence-corrected chi connectivity index (χ0v) is 13.1. The molecular weight excluding hydrogens is 294 g/mol. The molecule has 3 aromatic carbocycles. The van der Waals surface area contributed by atoms with Crippen LogP contribution in [0.2, 0.25) is 5.02 Å². The van der Waals surface area contributed by atoms with Crippen LogP contribution in [0.5, 0.6) is 0 Å². The molecule has 5 N–H and O–H groups in total. The van der Waals surface area contributed by atoms with Gasteiger partial charge in [-0.2, -0.15) is 0 Å². The van der Waals surface area contributed by atoms with Crippen LogP contribution in [-0.4, -0.2) is 12.8 Å². The largest absolute Gasteiger partial charge is 0.398 e. The second kappa shape index (κ2) is 7.07. The lowest BCUT2D eigenvalue weighted by Crippen LogP contribution is -2.06. The summed E-state index contributed by atoms with van der Waals surface area (Å²) in [5.41, 5.74) is 12.9. The van der Waals surface area contributed by atoms with Gasteiger partial charge in [0, 0.05) is 21.8 Å². The van der Waals surface area contributed by atoms with Crippen LogP contribution >= 0.6 is 11.6 Å². The maximum absolute atomic E-state index is 8.45. The fourth-order valence-corrected chi connectivity index (χ4v) is 2.51. The van der Waals surface area contributed by atoms with Gasteiger partial charge < -0.3 is 11.5 Å². The van der Waals surface area contributed by atoms with Crippen molar-refractivity contribution in [2.75, 3.05) is 12.8 Å². The van der Waals surface area contributed by atoms with Gasteiger partial charge in [0.1, 0.15) is 0 Å². The van der Waals surface area contributed by atoms with E-state index in [-0.39, 0.29) is 0 Å². The number of halogens is 1. The molecule has 0 aliphatic rings. The molecule has 0 unspecified atom stereocenters. The van der Waals surface area contributed by atoms with Crippen LogP contribution in [0, 0.1) is 5.41 Å². The summed E-state index contributed by atoms with van der Waals surface area (Å²) < 4.78 is 0. The highest BCUT2D eigenvalue weighted by Gasteiger charge is 2.11. The maximum Gasteiger partial charge on any atom is 0.0712 e. The molecule has 0 amide bonds. The fourth-order valence-electron chi connectivity index (χ4n) is 2.33. The van der Waals surface area contributed by atoms with E-state index in [2.05, 4.69) is 5.73 Å². The molecule has 22 heavy (non-hydrogen) atoms. The Hall–Kier alpha value is -2.36. The number of rotatable bonds is 2. The second-order valence-corrected chi connectivity index (χ2v) is 5.07. The van der Waals surface area contributed by atoms with Crippen LogP contribution in [0.15, 0.2) is 60.7 Å². The number of nitrogens with two attached hydrogens (primary N) is 2. The summed E-state index contributed by atoms with van der Waals surface area (Å²) in [5, 5.41) is 11.2. The summed E-state index contributed by atoms with van der Waals surface area (Å²) in [6.45, 7) is 0. The Kier molecular flexibility index (Phi) is 5.15. The Labute approximate surface area is 135 Å². The molecule has 0 fully saturated rings. The fraction of sp³-hybridized carbons (Fsp3) is 0.0556. The van der Waals surface area contributed by atoms with Crippen LogP contribution in [0.4, 0.5) is 5.69 Å². The van der Waals surface area contributed by atoms with Crippen LogP contribution in [0.25, 0.3) is 10.8 Å². The lowest BCUT2D eigenvalue weighted by molar-refractivity contribution is 1.47. The molecule has 0 aliphatic carbocycles. The maximum atomic E-state index is 8.45. The molecule has 3 aromatic rings. The van der Waals surface area contributed by atoms with Gasteiger partial charge in [0.15, 0.2) is 0 Å². The predicted octanol–water partition coefficient (Wildman–Crippen LogP) is 4.07. The molecule has 0 radical (unpaired) electrons. The molecule has 0 bridgehead atoms. The van der Waals surface area contributed by atoms with Gasteiger partial charge in [-0.25, -0.2) is 0 Å². The highest BCUT2D eigenvalue weighted by molar-refractivity contribution is 6.31. The van der Waals surface area contributed by atoms with E-state index in [0.717, 1.165) is 16.3 Å². The third-order valence-corrected chi connectivity index (χ3v) is 3.58. The van der Waals surface area contributed by atoms with Crippen LogP contribution in [-0.2, 0) is 0 Å². The van der Waals surface area contributed by atoms with Crippen LogP contribution in [0.3, 0.4) is 0 Å². The Balaban J connectivity index is 0.000000847. The smallest absolute Gasteiger partial charge is 0.0712 e. The Morgan fingerprint density at radius 2 is 1.59 bits per heavy atom. The number of fused-ring (bicyclic) bond motifs is 1. The number of hydrogen-bond acceptors (Lipinski definition) is 3. The summed E-state index contributed by atoms with van der Waals surface area (Å²) in [6.07, 6.45) is 0. The van der Waals surface area contributed by atoms with Crippen LogP contribution < -0.4 is 11.5 Å². The standard InChI is InChI=1S/C17H13ClN2.CH5N/c18-12-8-9-16(19)15(10-12)17(20)14-7-3-5-11-4-1-2-6-13(11)14;1-2/h1-10,20H,19H2;2H2,1H3. The van der Waals surface area contributed by atoms with Crippen LogP contribution in [0.1, 0.15) is 11.1 Å². The number of nitrogens with one attached hydrogen (secondary N) is 1. The van der Waals surface area contributed by atoms with E-state index < -0.39 is 0 Å². The van der Waals surface area contributed by atoms with Gasteiger partial charge in [0.25, 0.3) is 0 Å². The van der Waals surface area contributed by atoms with Crippen molar-refractivity contribution >= 4 is 33.8 Å². The Bertz CT molecular complexity index is 807. The van der Waals surface area contributed by atoms with Gasteiger partial charge in [-0.1, -0.05) is 54.1 Å². The molecule has 3 rings (SSSR count). The predicted molar refractivity (Wildman–Crippen MR) is 95.9 cm³/mol. The molecule has 0 saturated heterocycles. The highest BCUT2D eigenvalue weighted by atomic mass is 35.5. The van der Waals surface area contributed by atoms with Crippen molar-refractivity contribution in [3.8, 4) is 0 Å². The summed E-state index contributed by atoms with van der Waals surface area (Å²) in [7, 11) is 1.50. The first-order valence-corrected chi connectivity index (χ1v) is 7.24. The topological polar surface area (TPSA) is 75.9 Å². The van der Waals surface area contributed by atoms with Gasteiger partial charge in [0.2, 0.25) is 0 Å². The zero-order chi connectivity index (χ0) is 16.1. The van der Waals surface area contributed by atoms with Gasteiger partial charge in [-0.05, 0) is 36.0 Å². The van der Waals surface area contributed by atoms with Gasteiger partial charge >= 0.3 is 0 Å². The lowest BCUT2D eigenvalue weighted by Gasteiger charge is -2.11. The highest BCUT2D eigenvalue weighted by Crippen LogP contribution is 2.25. The van der Waals surface area contributed by atoms with Crippen molar-refractivity contribution in [3.63, 3.8) is 0 Å². The Morgan fingerprint density at radius 3 is 2.36 bits per heavy atom. The van der Waals surface area contributed by atoms with Crippen molar-refractivity contribution < 1.29 is 0 Å². The minimum absolute atomic E-state index is 0.391. The summed E-state index contributed by atoms with van der Waals surface area (Å²) in [4.78, 5) is 0. The number of benzene rings is 3. The van der Waals surface area contributed by atoms with Crippen molar-refractivity contribution in [2.24, 2.45) is 5.73 Å². The molecular formula is C18H18ClN3. The average molecular weight is 312 g/mol. The lowest BCUT2D eigenvalue weighted by atomic mass is 9.96. The average Bonchev–Trinajstić information content (AvgIpc) is 2.58. The van der Waals surface area contributed by atoms with E-state index in [4.69, 9.17) is 22.7 Å². The third kappa shape index (κ3) is 3.11. The molecule has 112 valence electrons. The van der Waals surface area contributed by atoms with Crippen molar-refractivity contribution in [1.82, 2.24) is 0 Å². The quantitative estimate of drug-likeness (QED) is 0.493. The number of anilines is 1. The van der Waals surface area contributed by atoms with E-state index >= 15 is 0 Å². The molecule has 0 heterocycles. The minimum Gasteiger partial charge on any atom is -0.398 e. The van der Waals surface area contributed by atoms with Crippen molar-refractivity contribution in [1.29, 1.82) is 5.41 Å². The minimum atomic E-state index is 0.391. The monoisotopic (exact) mass is 311 g/mol. The first kappa shape index (κ1) is 16.0. The molecule has 0 aromatic heterocycles. The molecule has 0 spiro atoms. The van der Waals surface area contributed by atoms with E-state index in [0.29, 0.717) is 22.0 Å². The van der Waals surface area contributed by atoms with E-state index in [9.17, 15) is 0 Å². The van der Waals surface area contributed by atoms with Crippen molar-refractivity contribution in [3.05, 3.63) is 76.8 Å². The Morgan fingerprint density at radius 1 is 0.909 bits per heavy atom. The molecule has 0 saturated carbocycles. The second-order valence-electron chi connectivity index (χ2n) is 4.63. The van der Waals surface area contributed by atoms with E-state index in [1.165, 1.54) is 7.05 Å². The zero-order valence-electron chi connectivity index (χ0n) is 12.3. The van der Waals surface area contributed by atoms with E-state index in [1.54, 1.807) is 18.2 Å². The summed E-state index contributed by atoms with van der Waals surface area (Å²) >= 11 is 6.01. The van der Waals surface area contributed by atoms with Gasteiger partial charge in [0.05, 0.1) is 5.71 Å². The summed E-state index contributed by atoms with van der Waals surface area (Å²) in [6, 6.07) is 19.1. The van der Waals surface area contributed by atoms with Crippen molar-refractivity contribution in [2.45, 2.75) is 0 Å². The molecule has 0 aliphatic heterocycles. The summed E-state index contributed by atoms with van der Waals surface area (Å²) in [5.74, 6) is 0. The first-order valence-electron chi connectivity index (χ1n) is 6.86. The number of hydrogen-bond donors (Lipinski definition) is 3. The van der Waals surface area contributed by atoms with E-state index in [1.807, 2.05) is 42.5 Å². The first-order chi connectivity index (χ1) is 10.7. The van der Waals surface area contributed by atoms with Gasteiger partial charge in [-0.15, -0.1) is 0 Å². The normalized spacial score (nSPS) is 9.95. The SMILES string of the molecule is CN.N=C(c1cc(Cl)ccc1N)c1cccc2ccccc12.